The third-order valence-electron chi connectivity index (χ3n) is 4.12. The van der Waals surface area contributed by atoms with E-state index < -0.39 is 0 Å². The summed E-state index contributed by atoms with van der Waals surface area (Å²) in [7, 11) is 0. The van der Waals surface area contributed by atoms with Crippen molar-refractivity contribution in [3.8, 4) is 22.7 Å². The number of ether oxygens (including phenoxy) is 1. The molecule has 0 aliphatic rings. The summed E-state index contributed by atoms with van der Waals surface area (Å²) in [6, 6.07) is 27.3. The van der Waals surface area contributed by atoms with Gasteiger partial charge in [0.2, 0.25) is 0 Å². The van der Waals surface area contributed by atoms with E-state index in [4.69, 9.17) is 33.0 Å². The molecule has 3 aromatic carbocycles. The molecule has 0 aliphatic heterocycles. The van der Waals surface area contributed by atoms with Gasteiger partial charge in [-0.3, -0.25) is 0 Å². The Balaban J connectivity index is 1.69. The molecule has 3 nitrogen and oxygen atoms in total. The van der Waals surface area contributed by atoms with Crippen LogP contribution in [0.15, 0.2) is 84.9 Å². The zero-order valence-corrected chi connectivity index (χ0v) is 15.9. The lowest BCUT2D eigenvalue weighted by atomic mass is 10.1. The molecule has 27 heavy (non-hydrogen) atoms. The number of nitrogens with zero attached hydrogens (tertiary/aromatic N) is 2. The highest BCUT2D eigenvalue weighted by Crippen LogP contribution is 2.29. The van der Waals surface area contributed by atoms with Crippen molar-refractivity contribution in [3.05, 3.63) is 101 Å². The topological polar surface area (TPSA) is 27.1 Å². The number of aromatic nitrogens is 2. The minimum atomic E-state index is 0.329. The Hall–Kier alpha value is -2.75. The van der Waals surface area contributed by atoms with Crippen molar-refractivity contribution in [3.63, 3.8) is 0 Å². The monoisotopic (exact) mass is 394 g/mol. The lowest BCUT2D eigenvalue weighted by molar-refractivity contribution is 0.298. The minimum absolute atomic E-state index is 0.329. The smallest absolute Gasteiger partial charge is 0.138 e. The van der Waals surface area contributed by atoms with Crippen LogP contribution in [-0.2, 0) is 6.61 Å². The van der Waals surface area contributed by atoms with Gasteiger partial charge in [0.25, 0.3) is 0 Å². The third kappa shape index (κ3) is 4.00. The first kappa shape index (κ1) is 17.7. The van der Waals surface area contributed by atoms with Crippen LogP contribution in [0.1, 0.15) is 5.69 Å². The summed E-state index contributed by atoms with van der Waals surface area (Å²) in [4.78, 5) is 0. The summed E-state index contributed by atoms with van der Waals surface area (Å²) in [5.41, 5.74) is 3.84. The molecule has 4 aromatic rings. The molecule has 0 amide bonds. The van der Waals surface area contributed by atoms with E-state index in [2.05, 4.69) is 0 Å². The van der Waals surface area contributed by atoms with Gasteiger partial charge in [-0.25, -0.2) is 4.68 Å². The Labute approximate surface area is 167 Å². The third-order valence-corrected chi connectivity index (χ3v) is 4.65. The summed E-state index contributed by atoms with van der Waals surface area (Å²) < 4.78 is 7.83. The maximum absolute atomic E-state index is 6.22. The van der Waals surface area contributed by atoms with Crippen molar-refractivity contribution >= 4 is 23.2 Å². The molecule has 0 bridgehead atoms. The molecule has 0 radical (unpaired) electrons. The molecule has 0 saturated heterocycles. The number of para-hydroxylation sites is 1. The van der Waals surface area contributed by atoms with Crippen LogP contribution in [0.5, 0.6) is 5.75 Å². The normalized spacial score (nSPS) is 10.7. The van der Waals surface area contributed by atoms with E-state index in [-0.39, 0.29) is 0 Å². The van der Waals surface area contributed by atoms with Crippen LogP contribution in [0, 0.1) is 0 Å². The van der Waals surface area contributed by atoms with Crippen molar-refractivity contribution in [2.45, 2.75) is 6.61 Å². The average molecular weight is 395 g/mol. The summed E-state index contributed by atoms with van der Waals surface area (Å²) in [6.45, 7) is 0.329. The molecule has 5 heteroatoms. The van der Waals surface area contributed by atoms with Crippen LogP contribution in [0.2, 0.25) is 10.0 Å². The molecule has 0 aliphatic carbocycles. The number of halogens is 2. The molecular weight excluding hydrogens is 379 g/mol. The van der Waals surface area contributed by atoms with Crippen LogP contribution in [-0.4, -0.2) is 9.78 Å². The molecule has 1 aromatic heterocycles. The minimum Gasteiger partial charge on any atom is -0.486 e. The SMILES string of the molecule is Clc1ccc(OCc2cc(-c3ccccc3)nn2-c2ccccc2)c(Cl)c1. The quantitative estimate of drug-likeness (QED) is 0.390. The van der Waals surface area contributed by atoms with Crippen LogP contribution in [0.3, 0.4) is 0 Å². The van der Waals surface area contributed by atoms with Gasteiger partial charge in [0.1, 0.15) is 12.4 Å². The fraction of sp³-hybridized carbons (Fsp3) is 0.0455. The highest BCUT2D eigenvalue weighted by Gasteiger charge is 2.13. The lowest BCUT2D eigenvalue weighted by Crippen LogP contribution is -2.05. The van der Waals surface area contributed by atoms with Crippen molar-refractivity contribution in [2.24, 2.45) is 0 Å². The van der Waals surface area contributed by atoms with E-state index in [1.54, 1.807) is 18.2 Å². The first-order chi connectivity index (χ1) is 13.2. The Morgan fingerprint density at radius 2 is 1.52 bits per heavy atom. The maximum Gasteiger partial charge on any atom is 0.138 e. The first-order valence-electron chi connectivity index (χ1n) is 8.48. The van der Waals surface area contributed by atoms with E-state index in [1.165, 1.54) is 0 Å². The van der Waals surface area contributed by atoms with Crippen molar-refractivity contribution < 1.29 is 4.74 Å². The Bertz CT molecular complexity index is 1050. The molecule has 0 saturated carbocycles. The fourth-order valence-corrected chi connectivity index (χ4v) is 3.27. The van der Waals surface area contributed by atoms with E-state index in [9.17, 15) is 0 Å². The van der Waals surface area contributed by atoms with Crippen molar-refractivity contribution in [1.29, 1.82) is 0 Å². The molecule has 0 unspecified atom stereocenters. The van der Waals surface area contributed by atoms with Crippen LogP contribution in [0.25, 0.3) is 16.9 Å². The second kappa shape index (κ2) is 7.87. The van der Waals surface area contributed by atoms with Crippen LogP contribution in [0.4, 0.5) is 0 Å². The van der Waals surface area contributed by atoms with E-state index >= 15 is 0 Å². The Morgan fingerprint density at radius 1 is 0.815 bits per heavy atom. The molecule has 0 atom stereocenters. The van der Waals surface area contributed by atoms with Gasteiger partial charge in [0, 0.05) is 10.6 Å². The molecule has 1 heterocycles. The van der Waals surface area contributed by atoms with Gasteiger partial charge >= 0.3 is 0 Å². The van der Waals surface area contributed by atoms with E-state index in [0.29, 0.717) is 22.4 Å². The predicted octanol–water partition coefficient (Wildman–Crippen LogP) is 6.43. The second-order valence-corrected chi connectivity index (χ2v) is 6.84. The Morgan fingerprint density at radius 3 is 2.22 bits per heavy atom. The molecule has 0 N–H and O–H groups in total. The molecule has 134 valence electrons. The highest BCUT2D eigenvalue weighted by atomic mass is 35.5. The first-order valence-corrected chi connectivity index (χ1v) is 9.24. The van der Waals surface area contributed by atoms with Gasteiger partial charge in [-0.2, -0.15) is 5.10 Å². The highest BCUT2D eigenvalue weighted by molar-refractivity contribution is 6.35. The van der Waals surface area contributed by atoms with Gasteiger partial charge in [0.05, 0.1) is 22.1 Å². The predicted molar refractivity (Wildman–Crippen MR) is 110 cm³/mol. The summed E-state index contributed by atoms with van der Waals surface area (Å²) in [5.74, 6) is 0.586. The van der Waals surface area contributed by atoms with Gasteiger partial charge in [0.15, 0.2) is 0 Å². The second-order valence-electron chi connectivity index (χ2n) is 6.00. The largest absolute Gasteiger partial charge is 0.486 e. The Kier molecular flexibility index (Phi) is 5.14. The van der Waals surface area contributed by atoms with E-state index in [0.717, 1.165) is 22.6 Å². The zero-order chi connectivity index (χ0) is 18.6. The number of benzene rings is 3. The lowest BCUT2D eigenvalue weighted by Gasteiger charge is -2.10. The van der Waals surface area contributed by atoms with Gasteiger partial charge in [-0.1, -0.05) is 71.7 Å². The zero-order valence-electron chi connectivity index (χ0n) is 14.3. The molecule has 0 fully saturated rings. The van der Waals surface area contributed by atoms with Gasteiger partial charge in [-0.15, -0.1) is 0 Å². The van der Waals surface area contributed by atoms with Gasteiger partial charge in [-0.05, 0) is 36.4 Å². The fourth-order valence-electron chi connectivity index (χ4n) is 2.81. The van der Waals surface area contributed by atoms with Crippen LogP contribution < -0.4 is 4.74 Å². The molecular formula is C22H16Cl2N2O. The van der Waals surface area contributed by atoms with Crippen molar-refractivity contribution in [2.75, 3.05) is 0 Å². The standard InChI is InChI=1S/C22H16Cl2N2O/c23-17-11-12-22(20(24)13-17)27-15-19-14-21(16-7-3-1-4-8-16)25-26(19)18-9-5-2-6-10-18/h1-14H,15H2. The molecule has 4 rings (SSSR count). The summed E-state index contributed by atoms with van der Waals surface area (Å²) in [6.07, 6.45) is 0. The molecule has 0 spiro atoms. The number of hydrogen-bond donors (Lipinski definition) is 0. The maximum atomic E-state index is 6.22. The van der Waals surface area contributed by atoms with E-state index in [1.807, 2.05) is 71.4 Å². The summed E-state index contributed by atoms with van der Waals surface area (Å²) >= 11 is 12.2. The van der Waals surface area contributed by atoms with Gasteiger partial charge < -0.3 is 4.74 Å². The van der Waals surface area contributed by atoms with Crippen LogP contribution >= 0.6 is 23.2 Å². The van der Waals surface area contributed by atoms with Crippen molar-refractivity contribution in [1.82, 2.24) is 9.78 Å². The summed E-state index contributed by atoms with van der Waals surface area (Å²) in [5, 5.41) is 5.84. The number of rotatable bonds is 5. The number of hydrogen-bond acceptors (Lipinski definition) is 2. The average Bonchev–Trinajstić information content (AvgIpc) is 3.13.